The lowest BCUT2D eigenvalue weighted by Crippen LogP contribution is -2.46. The molecular formula is C18H22N6O2. The summed E-state index contributed by atoms with van der Waals surface area (Å²) in [5.74, 6) is 2.65. The Labute approximate surface area is 151 Å². The van der Waals surface area contributed by atoms with E-state index in [2.05, 4.69) is 37.0 Å². The lowest BCUT2D eigenvalue weighted by Gasteiger charge is -2.36. The number of nitrogens with zero attached hydrogens (tertiary/aromatic N) is 6. The van der Waals surface area contributed by atoms with E-state index in [0.717, 1.165) is 44.1 Å². The van der Waals surface area contributed by atoms with Crippen molar-refractivity contribution in [1.29, 1.82) is 0 Å². The predicted octanol–water partition coefficient (Wildman–Crippen LogP) is 2.31. The standard InChI is InChI=1S/C18H22N6O2/c1-13(18-20-17(22-26-18)15-6-4-3-5-7-15)24-10-8-23(9-11-24)12-16-19-14(2)25-21-16/h3-7,13H,8-12H2,1-2H3. The highest BCUT2D eigenvalue weighted by Crippen LogP contribution is 2.23. The highest BCUT2D eigenvalue weighted by atomic mass is 16.5. The molecule has 136 valence electrons. The summed E-state index contributed by atoms with van der Waals surface area (Å²) in [6.07, 6.45) is 0. The monoisotopic (exact) mass is 354 g/mol. The molecule has 1 unspecified atom stereocenters. The number of aromatic nitrogens is 4. The molecule has 8 heteroatoms. The van der Waals surface area contributed by atoms with Crippen LogP contribution in [0.1, 0.15) is 30.6 Å². The third kappa shape index (κ3) is 3.66. The second-order valence-electron chi connectivity index (χ2n) is 6.54. The summed E-state index contributed by atoms with van der Waals surface area (Å²) in [6, 6.07) is 9.98. The molecule has 26 heavy (non-hydrogen) atoms. The van der Waals surface area contributed by atoms with E-state index < -0.39 is 0 Å². The van der Waals surface area contributed by atoms with Crippen LogP contribution in [0.15, 0.2) is 39.4 Å². The van der Waals surface area contributed by atoms with Crippen molar-refractivity contribution in [2.24, 2.45) is 0 Å². The van der Waals surface area contributed by atoms with Gasteiger partial charge in [0.05, 0.1) is 12.6 Å². The Hall–Kier alpha value is -2.58. The van der Waals surface area contributed by atoms with Gasteiger partial charge in [0.2, 0.25) is 17.6 Å². The molecule has 1 saturated heterocycles. The van der Waals surface area contributed by atoms with E-state index in [4.69, 9.17) is 9.05 Å². The first-order valence-electron chi connectivity index (χ1n) is 8.83. The topological polar surface area (TPSA) is 84.3 Å². The van der Waals surface area contributed by atoms with Gasteiger partial charge in [0.15, 0.2) is 5.82 Å². The molecule has 3 aromatic rings. The Kier molecular flexibility index (Phi) is 4.77. The summed E-state index contributed by atoms with van der Waals surface area (Å²) in [6.45, 7) is 8.39. The zero-order valence-electron chi connectivity index (χ0n) is 15.0. The lowest BCUT2D eigenvalue weighted by atomic mass is 10.2. The number of hydrogen-bond donors (Lipinski definition) is 0. The molecule has 0 spiro atoms. The summed E-state index contributed by atoms with van der Waals surface area (Å²) in [5.41, 5.74) is 0.968. The van der Waals surface area contributed by atoms with E-state index in [1.165, 1.54) is 0 Å². The SMILES string of the molecule is Cc1nc(CN2CCN(C(C)c3nc(-c4ccccc4)no3)CC2)no1. The number of hydrogen-bond acceptors (Lipinski definition) is 8. The number of piperazine rings is 1. The van der Waals surface area contributed by atoms with Crippen molar-refractivity contribution in [2.75, 3.05) is 26.2 Å². The Bertz CT molecular complexity index is 838. The molecule has 1 fully saturated rings. The van der Waals surface area contributed by atoms with Crippen LogP contribution in [-0.4, -0.2) is 56.3 Å². The fourth-order valence-corrected chi connectivity index (χ4v) is 3.18. The summed E-state index contributed by atoms with van der Waals surface area (Å²) in [7, 11) is 0. The fraction of sp³-hybridized carbons (Fsp3) is 0.444. The first kappa shape index (κ1) is 16.9. The first-order valence-corrected chi connectivity index (χ1v) is 8.83. The Morgan fingerprint density at radius 3 is 2.46 bits per heavy atom. The molecule has 3 heterocycles. The van der Waals surface area contributed by atoms with E-state index in [9.17, 15) is 0 Å². The Morgan fingerprint density at radius 2 is 1.77 bits per heavy atom. The third-order valence-electron chi connectivity index (χ3n) is 4.72. The molecule has 0 aliphatic carbocycles. The number of aryl methyl sites for hydroxylation is 1. The van der Waals surface area contributed by atoms with Gasteiger partial charge in [-0.15, -0.1) is 0 Å². The van der Waals surface area contributed by atoms with Crippen LogP contribution >= 0.6 is 0 Å². The number of rotatable bonds is 5. The fourth-order valence-electron chi connectivity index (χ4n) is 3.18. The molecule has 0 radical (unpaired) electrons. The predicted molar refractivity (Wildman–Crippen MR) is 94.0 cm³/mol. The van der Waals surface area contributed by atoms with Crippen LogP contribution in [0.4, 0.5) is 0 Å². The van der Waals surface area contributed by atoms with E-state index in [1.807, 2.05) is 37.3 Å². The molecule has 4 rings (SSSR count). The van der Waals surface area contributed by atoms with Crippen LogP contribution in [-0.2, 0) is 6.54 Å². The van der Waals surface area contributed by atoms with Crippen molar-refractivity contribution in [3.63, 3.8) is 0 Å². The van der Waals surface area contributed by atoms with Gasteiger partial charge in [-0.3, -0.25) is 9.80 Å². The average Bonchev–Trinajstić information content (AvgIpc) is 3.32. The van der Waals surface area contributed by atoms with Crippen molar-refractivity contribution in [2.45, 2.75) is 26.4 Å². The van der Waals surface area contributed by atoms with Gasteiger partial charge in [0.25, 0.3) is 0 Å². The number of benzene rings is 1. The van der Waals surface area contributed by atoms with E-state index in [1.54, 1.807) is 0 Å². The Balaban J connectivity index is 1.35. The quantitative estimate of drug-likeness (QED) is 0.690. The van der Waals surface area contributed by atoms with Gasteiger partial charge in [0.1, 0.15) is 0 Å². The molecule has 8 nitrogen and oxygen atoms in total. The van der Waals surface area contributed by atoms with Crippen molar-refractivity contribution in [3.8, 4) is 11.4 Å². The minimum Gasteiger partial charge on any atom is -0.340 e. The maximum absolute atomic E-state index is 5.51. The van der Waals surface area contributed by atoms with Gasteiger partial charge < -0.3 is 9.05 Å². The highest BCUT2D eigenvalue weighted by molar-refractivity contribution is 5.53. The lowest BCUT2D eigenvalue weighted by molar-refractivity contribution is 0.0827. The third-order valence-corrected chi connectivity index (χ3v) is 4.72. The van der Waals surface area contributed by atoms with Crippen LogP contribution in [0.25, 0.3) is 11.4 Å². The van der Waals surface area contributed by atoms with E-state index in [-0.39, 0.29) is 6.04 Å². The van der Waals surface area contributed by atoms with E-state index in [0.29, 0.717) is 17.6 Å². The maximum atomic E-state index is 5.51. The van der Waals surface area contributed by atoms with Crippen LogP contribution in [0.5, 0.6) is 0 Å². The maximum Gasteiger partial charge on any atom is 0.244 e. The summed E-state index contributed by atoms with van der Waals surface area (Å²) in [5, 5.41) is 8.09. The van der Waals surface area contributed by atoms with Gasteiger partial charge in [-0.05, 0) is 6.92 Å². The van der Waals surface area contributed by atoms with Crippen molar-refractivity contribution >= 4 is 0 Å². The van der Waals surface area contributed by atoms with Crippen molar-refractivity contribution in [1.82, 2.24) is 30.1 Å². The van der Waals surface area contributed by atoms with Gasteiger partial charge in [-0.25, -0.2) is 0 Å². The second-order valence-corrected chi connectivity index (χ2v) is 6.54. The van der Waals surface area contributed by atoms with Gasteiger partial charge in [0, 0.05) is 38.7 Å². The highest BCUT2D eigenvalue weighted by Gasteiger charge is 2.26. The van der Waals surface area contributed by atoms with Crippen LogP contribution < -0.4 is 0 Å². The minimum atomic E-state index is 0.0922. The van der Waals surface area contributed by atoms with Crippen LogP contribution in [0, 0.1) is 6.92 Å². The zero-order chi connectivity index (χ0) is 17.9. The smallest absolute Gasteiger partial charge is 0.244 e. The zero-order valence-corrected chi connectivity index (χ0v) is 15.0. The van der Waals surface area contributed by atoms with Gasteiger partial charge in [-0.1, -0.05) is 40.6 Å². The second kappa shape index (κ2) is 7.35. The molecule has 1 aliphatic heterocycles. The molecule has 0 amide bonds. The molecular weight excluding hydrogens is 332 g/mol. The normalized spacial score (nSPS) is 17.5. The molecule has 1 aromatic carbocycles. The first-order chi connectivity index (χ1) is 12.7. The molecule has 1 atom stereocenters. The van der Waals surface area contributed by atoms with Gasteiger partial charge >= 0.3 is 0 Å². The summed E-state index contributed by atoms with van der Waals surface area (Å²) < 4.78 is 10.5. The average molecular weight is 354 g/mol. The van der Waals surface area contributed by atoms with Crippen molar-refractivity contribution in [3.05, 3.63) is 47.9 Å². The molecule has 0 saturated carbocycles. The van der Waals surface area contributed by atoms with Gasteiger partial charge in [-0.2, -0.15) is 9.97 Å². The summed E-state index contributed by atoms with van der Waals surface area (Å²) in [4.78, 5) is 13.5. The molecule has 0 bridgehead atoms. The molecule has 1 aliphatic rings. The van der Waals surface area contributed by atoms with E-state index >= 15 is 0 Å². The van der Waals surface area contributed by atoms with Crippen molar-refractivity contribution < 1.29 is 9.05 Å². The largest absolute Gasteiger partial charge is 0.340 e. The van der Waals surface area contributed by atoms with Crippen LogP contribution in [0.2, 0.25) is 0 Å². The summed E-state index contributed by atoms with van der Waals surface area (Å²) >= 11 is 0. The Morgan fingerprint density at radius 1 is 1.00 bits per heavy atom. The molecule has 0 N–H and O–H groups in total. The minimum absolute atomic E-state index is 0.0922. The van der Waals surface area contributed by atoms with Crippen LogP contribution in [0.3, 0.4) is 0 Å². The molecule has 2 aromatic heterocycles.